The van der Waals surface area contributed by atoms with Gasteiger partial charge >= 0.3 is 0 Å². The monoisotopic (exact) mass is 649 g/mol. The van der Waals surface area contributed by atoms with Crippen LogP contribution in [0.5, 0.6) is 17.4 Å². The van der Waals surface area contributed by atoms with Crippen molar-refractivity contribution in [1.29, 1.82) is 0 Å². The van der Waals surface area contributed by atoms with Crippen LogP contribution in [0, 0.1) is 18.6 Å². The van der Waals surface area contributed by atoms with Crippen molar-refractivity contribution in [2.75, 3.05) is 25.4 Å². The maximum atomic E-state index is 14.0. The fourth-order valence-corrected chi connectivity index (χ4v) is 6.02. The third kappa shape index (κ3) is 6.42. The Balaban J connectivity index is 1.22. The van der Waals surface area contributed by atoms with E-state index in [4.69, 9.17) is 15.2 Å². The van der Waals surface area contributed by atoms with Crippen LogP contribution in [-0.2, 0) is 11.2 Å². The number of anilines is 1. The van der Waals surface area contributed by atoms with Gasteiger partial charge in [-0.05, 0) is 72.2 Å². The molecule has 2 aliphatic rings. The van der Waals surface area contributed by atoms with Gasteiger partial charge in [-0.1, -0.05) is 12.1 Å². The largest absolute Gasteiger partial charge is 0.487 e. The number of Topliss-reactive ketones (excluding diaryl/α,β-unsaturated/α-hetero) is 1. The Morgan fingerprint density at radius 1 is 1.09 bits per heavy atom. The lowest BCUT2D eigenvalue weighted by Gasteiger charge is -2.32. The van der Waals surface area contributed by atoms with E-state index in [1.807, 2.05) is 6.07 Å². The van der Waals surface area contributed by atoms with Gasteiger partial charge in [0.25, 0.3) is 6.43 Å². The van der Waals surface area contributed by atoms with Gasteiger partial charge in [0.05, 0.1) is 23.6 Å². The molecule has 1 aliphatic carbocycles. The molecule has 1 fully saturated rings. The van der Waals surface area contributed by atoms with Gasteiger partial charge in [-0.2, -0.15) is 5.10 Å². The number of nitrogen functional groups attached to an aromatic ring is 1. The zero-order chi connectivity index (χ0) is 33.4. The number of halogens is 4. The lowest BCUT2D eigenvalue weighted by Crippen LogP contribution is -2.36. The van der Waals surface area contributed by atoms with Crippen molar-refractivity contribution in [3.63, 3.8) is 0 Å². The highest BCUT2D eigenvalue weighted by Crippen LogP contribution is 2.40. The van der Waals surface area contributed by atoms with Gasteiger partial charge in [-0.15, -0.1) is 0 Å². The van der Waals surface area contributed by atoms with Crippen LogP contribution in [0.1, 0.15) is 58.3 Å². The number of hydrogen-bond donors (Lipinski definition) is 1. The number of amides is 1. The molecule has 0 spiro atoms. The number of carbonyl (C=O) groups excluding carboxylic acids is 2. The van der Waals surface area contributed by atoms with Gasteiger partial charge in [0.15, 0.2) is 17.4 Å². The highest BCUT2D eigenvalue weighted by molar-refractivity contribution is 6.15. The van der Waals surface area contributed by atoms with Crippen LogP contribution in [0.4, 0.5) is 23.4 Å². The summed E-state index contributed by atoms with van der Waals surface area (Å²) in [6.45, 7) is 3.59. The molecule has 2 aromatic heterocycles. The number of allylic oxidation sites excluding steroid dienone is 1. The molecule has 1 aliphatic heterocycles. The number of pyridine rings is 1. The summed E-state index contributed by atoms with van der Waals surface area (Å²) in [5.41, 5.74) is 10.3. The zero-order valence-corrected chi connectivity index (χ0v) is 25.6. The number of nitrogens with two attached hydrogens (primary N) is 1. The average molecular weight is 650 g/mol. The topological polar surface area (TPSA) is 113 Å². The van der Waals surface area contributed by atoms with Crippen LogP contribution in [0.25, 0.3) is 11.8 Å². The van der Waals surface area contributed by atoms with Crippen LogP contribution >= 0.6 is 0 Å². The molecule has 47 heavy (non-hydrogen) atoms. The third-order valence-electron chi connectivity index (χ3n) is 8.48. The first kappa shape index (κ1) is 31.8. The Kier molecular flexibility index (Phi) is 8.71. The minimum absolute atomic E-state index is 0.00425. The fraction of sp³-hybridized carbons (Fsp3) is 0.294. The summed E-state index contributed by atoms with van der Waals surface area (Å²) < 4.78 is 66.5. The summed E-state index contributed by atoms with van der Waals surface area (Å²) in [4.78, 5) is 31.4. The van der Waals surface area contributed by atoms with Crippen molar-refractivity contribution in [1.82, 2.24) is 19.7 Å². The van der Waals surface area contributed by atoms with Crippen molar-refractivity contribution in [3.05, 3.63) is 93.8 Å². The summed E-state index contributed by atoms with van der Waals surface area (Å²) in [5.74, 6) is -2.32. The van der Waals surface area contributed by atoms with Gasteiger partial charge in [0.1, 0.15) is 18.2 Å². The predicted octanol–water partition coefficient (Wildman–Crippen LogP) is 6.42. The lowest BCUT2D eigenvalue weighted by molar-refractivity contribution is -0.129. The van der Waals surface area contributed by atoms with Gasteiger partial charge in [0, 0.05) is 38.1 Å². The fourth-order valence-electron chi connectivity index (χ4n) is 6.02. The highest BCUT2D eigenvalue weighted by atomic mass is 19.3. The Labute approximate surface area is 267 Å². The Morgan fingerprint density at radius 3 is 2.47 bits per heavy atom. The maximum absolute atomic E-state index is 14.0. The Bertz CT molecular complexity index is 1880. The molecule has 0 bridgehead atoms. The first-order valence-corrected chi connectivity index (χ1v) is 15.0. The minimum Gasteiger partial charge on any atom is -0.487 e. The number of benzene rings is 2. The molecular weight excluding hydrogens is 618 g/mol. The molecule has 9 nitrogen and oxygen atoms in total. The number of nitrogens with zero attached hydrogens (tertiary/aromatic N) is 4. The molecule has 0 radical (unpaired) electrons. The van der Waals surface area contributed by atoms with Crippen LogP contribution in [0.3, 0.4) is 0 Å². The predicted molar refractivity (Wildman–Crippen MR) is 165 cm³/mol. The zero-order valence-electron chi connectivity index (χ0n) is 25.6. The van der Waals surface area contributed by atoms with E-state index in [0.29, 0.717) is 60.5 Å². The van der Waals surface area contributed by atoms with E-state index in [1.54, 1.807) is 24.0 Å². The number of carbonyl (C=O) groups is 2. The summed E-state index contributed by atoms with van der Waals surface area (Å²) >= 11 is 0. The Hall–Kier alpha value is -5.20. The van der Waals surface area contributed by atoms with Crippen LogP contribution in [0.15, 0.2) is 54.4 Å². The lowest BCUT2D eigenvalue weighted by atomic mass is 9.87. The van der Waals surface area contributed by atoms with E-state index >= 15 is 0 Å². The normalized spacial score (nSPS) is 14.7. The number of aryl methyl sites for hydroxylation is 1. The van der Waals surface area contributed by atoms with Gasteiger partial charge in [0.2, 0.25) is 17.5 Å². The second-order valence-corrected chi connectivity index (χ2v) is 11.6. The quantitative estimate of drug-likeness (QED) is 0.165. The highest BCUT2D eigenvalue weighted by Gasteiger charge is 2.29. The number of alkyl halides is 2. The number of ketones is 1. The molecule has 0 unspecified atom stereocenters. The first-order chi connectivity index (χ1) is 22.5. The molecule has 6 rings (SSSR count). The number of likely N-dealkylation sites (tertiary alicyclic amines) is 1. The number of rotatable bonds is 9. The van der Waals surface area contributed by atoms with E-state index in [2.05, 4.69) is 10.1 Å². The molecule has 1 amide bonds. The minimum atomic E-state index is -2.65. The molecule has 4 aromatic rings. The molecule has 13 heteroatoms. The standard InChI is InChI=1S/C34H31F4N5O4/c1-18-10-31(47-33-26(35)4-3-5-27(33)36)40-16-28(18)43-34(39)25(15-41-43)32(45)23-11-21-13-24(20-6-8-42(9-7-20)19(2)44)29(14-22(21)12-23)46-17-30(37)38/h3-5,10,12-16,20,30H,6-9,11,17,39H2,1-2H3. The molecule has 244 valence electrons. The van der Waals surface area contributed by atoms with Crippen LogP contribution < -0.4 is 15.2 Å². The van der Waals surface area contributed by atoms with Gasteiger partial charge < -0.3 is 20.1 Å². The summed E-state index contributed by atoms with van der Waals surface area (Å²) in [5, 5.41) is 4.30. The molecule has 0 saturated carbocycles. The summed E-state index contributed by atoms with van der Waals surface area (Å²) in [6, 6.07) is 8.45. The van der Waals surface area contributed by atoms with E-state index in [1.165, 1.54) is 36.1 Å². The van der Waals surface area contributed by atoms with Gasteiger partial charge in [-0.25, -0.2) is 27.2 Å². The van der Waals surface area contributed by atoms with Gasteiger partial charge in [-0.3, -0.25) is 9.59 Å². The molecular formula is C34H31F4N5O4. The Morgan fingerprint density at radius 2 is 1.81 bits per heavy atom. The van der Waals surface area contributed by atoms with E-state index in [9.17, 15) is 27.2 Å². The SMILES string of the molecule is CC(=O)N1CCC(c2cc3c(cc2OCC(F)F)C=C(C(=O)c2cnn(-c4cnc(Oc5c(F)cccc5F)cc4C)c2N)C3)CC1. The van der Waals surface area contributed by atoms with Crippen LogP contribution in [0.2, 0.25) is 0 Å². The van der Waals surface area contributed by atoms with Crippen molar-refractivity contribution in [2.24, 2.45) is 0 Å². The van der Waals surface area contributed by atoms with E-state index in [0.717, 1.165) is 23.3 Å². The number of ether oxygens (including phenoxy) is 2. The van der Waals surface area contributed by atoms with Crippen molar-refractivity contribution in [3.8, 4) is 23.1 Å². The average Bonchev–Trinajstić information content (AvgIpc) is 3.64. The number of aromatic nitrogens is 3. The second-order valence-electron chi connectivity index (χ2n) is 11.6. The van der Waals surface area contributed by atoms with Crippen molar-refractivity contribution in [2.45, 2.75) is 45.5 Å². The number of fused-ring (bicyclic) bond motifs is 1. The second kappa shape index (κ2) is 12.9. The molecule has 2 N–H and O–H groups in total. The molecule has 2 aromatic carbocycles. The maximum Gasteiger partial charge on any atom is 0.272 e. The molecule has 3 heterocycles. The third-order valence-corrected chi connectivity index (χ3v) is 8.48. The number of para-hydroxylation sites is 1. The van der Waals surface area contributed by atoms with E-state index < -0.39 is 30.4 Å². The van der Waals surface area contributed by atoms with Crippen molar-refractivity contribution >= 4 is 23.6 Å². The molecule has 0 atom stereocenters. The van der Waals surface area contributed by atoms with Crippen molar-refractivity contribution < 1.29 is 36.6 Å². The number of hydrogen-bond acceptors (Lipinski definition) is 7. The summed E-state index contributed by atoms with van der Waals surface area (Å²) in [6.07, 6.45) is 3.40. The first-order valence-electron chi connectivity index (χ1n) is 15.0. The van der Waals surface area contributed by atoms with Crippen LogP contribution in [-0.4, -0.2) is 57.5 Å². The van der Waals surface area contributed by atoms with E-state index in [-0.39, 0.29) is 34.9 Å². The molecule has 1 saturated heterocycles. The summed E-state index contributed by atoms with van der Waals surface area (Å²) in [7, 11) is 0. The smallest absolute Gasteiger partial charge is 0.272 e. The number of piperidine rings is 1.